The number of para-hydroxylation sites is 1. The molecule has 1 N–H and O–H groups in total. The van der Waals surface area contributed by atoms with Crippen molar-refractivity contribution in [2.24, 2.45) is 0 Å². The minimum Gasteiger partial charge on any atom is -0.380 e. The second-order valence-corrected chi connectivity index (χ2v) is 4.32. The van der Waals surface area contributed by atoms with Gasteiger partial charge in [-0.05, 0) is 23.6 Å². The van der Waals surface area contributed by atoms with E-state index in [0.29, 0.717) is 0 Å². The number of halogens is 1. The average Bonchev–Trinajstić information content (AvgIpc) is 2.63. The molecular weight excluding hydrogens is 214 g/mol. The molecule has 0 atom stereocenters. The van der Waals surface area contributed by atoms with Crippen molar-refractivity contribution in [1.29, 1.82) is 0 Å². The molecule has 1 aromatic carbocycles. The van der Waals surface area contributed by atoms with Gasteiger partial charge in [-0.2, -0.15) is 0 Å². The van der Waals surface area contributed by atoms with E-state index in [1.54, 1.807) is 11.3 Å². The van der Waals surface area contributed by atoms with Gasteiger partial charge in [-0.25, -0.2) is 0 Å². The van der Waals surface area contributed by atoms with Crippen LogP contribution in [0.4, 0.5) is 5.69 Å². The van der Waals surface area contributed by atoms with E-state index in [1.165, 1.54) is 4.88 Å². The smallest absolute Gasteiger partial charge is 0.0563 e. The normalized spacial score (nSPS) is 10.1. The van der Waals surface area contributed by atoms with E-state index in [0.717, 1.165) is 17.3 Å². The summed E-state index contributed by atoms with van der Waals surface area (Å²) in [6.07, 6.45) is 0. The van der Waals surface area contributed by atoms with Gasteiger partial charge in [0.25, 0.3) is 0 Å². The highest BCUT2D eigenvalue weighted by Crippen LogP contribution is 2.22. The van der Waals surface area contributed by atoms with Crippen molar-refractivity contribution in [1.82, 2.24) is 0 Å². The lowest BCUT2D eigenvalue weighted by molar-refractivity contribution is 1.19. The maximum atomic E-state index is 5.98. The third kappa shape index (κ3) is 2.28. The summed E-state index contributed by atoms with van der Waals surface area (Å²) in [4.78, 5) is 1.18. The number of nitrogens with one attached hydrogen (secondary N) is 1. The standard InChI is InChI=1S/C11H10ClNS/c12-10-6-7-14-11(10)8-13-9-4-2-1-3-5-9/h1-7,13H,8H2. The minimum absolute atomic E-state index is 0.792. The molecule has 0 amide bonds. The van der Waals surface area contributed by atoms with Crippen molar-refractivity contribution in [3.8, 4) is 0 Å². The molecule has 14 heavy (non-hydrogen) atoms. The van der Waals surface area contributed by atoms with Crippen LogP contribution in [0.3, 0.4) is 0 Å². The van der Waals surface area contributed by atoms with Crippen molar-refractivity contribution in [3.63, 3.8) is 0 Å². The molecule has 2 aromatic rings. The van der Waals surface area contributed by atoms with Gasteiger partial charge in [-0.3, -0.25) is 0 Å². The second-order valence-electron chi connectivity index (χ2n) is 2.91. The van der Waals surface area contributed by atoms with E-state index in [1.807, 2.05) is 41.8 Å². The number of hydrogen-bond acceptors (Lipinski definition) is 2. The first-order valence-corrected chi connectivity index (χ1v) is 5.63. The van der Waals surface area contributed by atoms with Gasteiger partial charge in [0, 0.05) is 10.6 Å². The molecule has 1 heterocycles. The molecule has 0 fully saturated rings. The summed E-state index contributed by atoms with van der Waals surface area (Å²) in [6.45, 7) is 0.792. The topological polar surface area (TPSA) is 12.0 Å². The van der Waals surface area contributed by atoms with Gasteiger partial charge >= 0.3 is 0 Å². The molecule has 0 radical (unpaired) electrons. The van der Waals surface area contributed by atoms with E-state index in [4.69, 9.17) is 11.6 Å². The Morgan fingerprint density at radius 3 is 2.57 bits per heavy atom. The fourth-order valence-corrected chi connectivity index (χ4v) is 2.23. The van der Waals surface area contributed by atoms with Gasteiger partial charge in [0.1, 0.15) is 0 Å². The lowest BCUT2D eigenvalue weighted by atomic mass is 10.3. The van der Waals surface area contributed by atoms with Crippen LogP contribution in [0.1, 0.15) is 4.88 Å². The highest BCUT2D eigenvalue weighted by Gasteiger charge is 2.00. The number of rotatable bonds is 3. The Morgan fingerprint density at radius 2 is 1.93 bits per heavy atom. The van der Waals surface area contributed by atoms with Gasteiger partial charge in [-0.1, -0.05) is 29.8 Å². The summed E-state index contributed by atoms with van der Waals surface area (Å²) in [7, 11) is 0. The van der Waals surface area contributed by atoms with Crippen LogP contribution in [0.2, 0.25) is 5.02 Å². The quantitative estimate of drug-likeness (QED) is 0.829. The van der Waals surface area contributed by atoms with Crippen molar-refractivity contribution >= 4 is 28.6 Å². The summed E-state index contributed by atoms with van der Waals surface area (Å²) in [5.41, 5.74) is 1.12. The van der Waals surface area contributed by atoms with E-state index in [2.05, 4.69) is 5.32 Å². The van der Waals surface area contributed by atoms with Crippen LogP contribution < -0.4 is 5.32 Å². The molecular formula is C11H10ClNS. The summed E-state index contributed by atoms with van der Waals surface area (Å²) in [5, 5.41) is 6.16. The van der Waals surface area contributed by atoms with E-state index in [9.17, 15) is 0 Å². The van der Waals surface area contributed by atoms with Crippen LogP contribution in [0.5, 0.6) is 0 Å². The SMILES string of the molecule is Clc1ccsc1CNc1ccccc1. The summed E-state index contributed by atoms with van der Waals surface area (Å²) < 4.78 is 0. The van der Waals surface area contributed by atoms with Gasteiger partial charge in [0.2, 0.25) is 0 Å². The predicted octanol–water partition coefficient (Wildman–Crippen LogP) is 4.01. The zero-order chi connectivity index (χ0) is 9.80. The zero-order valence-electron chi connectivity index (χ0n) is 7.53. The Balaban J connectivity index is 1.99. The van der Waals surface area contributed by atoms with Crippen LogP contribution in [0, 0.1) is 0 Å². The molecule has 1 nitrogen and oxygen atoms in total. The highest BCUT2D eigenvalue weighted by atomic mass is 35.5. The van der Waals surface area contributed by atoms with Crippen molar-refractivity contribution < 1.29 is 0 Å². The lowest BCUT2D eigenvalue weighted by Gasteiger charge is -2.04. The van der Waals surface area contributed by atoms with Crippen LogP contribution in [0.15, 0.2) is 41.8 Å². The maximum absolute atomic E-state index is 5.98. The maximum Gasteiger partial charge on any atom is 0.0563 e. The van der Waals surface area contributed by atoms with Gasteiger partial charge in [0.05, 0.1) is 11.6 Å². The Morgan fingerprint density at radius 1 is 1.14 bits per heavy atom. The molecule has 72 valence electrons. The molecule has 0 spiro atoms. The van der Waals surface area contributed by atoms with Crippen LogP contribution in [-0.4, -0.2) is 0 Å². The molecule has 0 bridgehead atoms. The molecule has 0 unspecified atom stereocenters. The Hall–Kier alpha value is -0.990. The monoisotopic (exact) mass is 223 g/mol. The molecule has 0 aliphatic heterocycles. The van der Waals surface area contributed by atoms with E-state index < -0.39 is 0 Å². The Labute approximate surface area is 92.3 Å². The minimum atomic E-state index is 0.792. The van der Waals surface area contributed by atoms with Crippen LogP contribution >= 0.6 is 22.9 Å². The largest absolute Gasteiger partial charge is 0.380 e. The van der Waals surface area contributed by atoms with Crippen LogP contribution in [0.25, 0.3) is 0 Å². The van der Waals surface area contributed by atoms with E-state index >= 15 is 0 Å². The van der Waals surface area contributed by atoms with Crippen LogP contribution in [-0.2, 0) is 6.54 Å². The molecule has 0 aliphatic carbocycles. The first-order chi connectivity index (χ1) is 6.86. The van der Waals surface area contributed by atoms with Crippen molar-refractivity contribution in [2.75, 3.05) is 5.32 Å². The fraction of sp³-hybridized carbons (Fsp3) is 0.0909. The van der Waals surface area contributed by atoms with Crippen molar-refractivity contribution in [3.05, 3.63) is 51.7 Å². The molecule has 0 aliphatic rings. The predicted molar refractivity (Wildman–Crippen MR) is 63.1 cm³/mol. The number of benzene rings is 1. The van der Waals surface area contributed by atoms with Crippen molar-refractivity contribution in [2.45, 2.75) is 6.54 Å². The third-order valence-electron chi connectivity index (χ3n) is 1.92. The first kappa shape index (κ1) is 9.56. The Kier molecular flexibility index (Phi) is 3.07. The molecule has 2 rings (SSSR count). The van der Waals surface area contributed by atoms with E-state index in [-0.39, 0.29) is 0 Å². The number of anilines is 1. The summed E-state index contributed by atoms with van der Waals surface area (Å²) >= 11 is 7.65. The summed E-state index contributed by atoms with van der Waals surface area (Å²) in [5.74, 6) is 0. The molecule has 0 saturated carbocycles. The van der Waals surface area contributed by atoms with Gasteiger partial charge < -0.3 is 5.32 Å². The third-order valence-corrected chi connectivity index (χ3v) is 3.31. The number of hydrogen-bond donors (Lipinski definition) is 1. The number of thiophene rings is 1. The zero-order valence-corrected chi connectivity index (χ0v) is 9.11. The molecule has 1 aromatic heterocycles. The summed E-state index contributed by atoms with van der Waals surface area (Å²) in [6, 6.07) is 12.0. The molecule has 0 saturated heterocycles. The lowest BCUT2D eigenvalue weighted by Crippen LogP contribution is -1.96. The van der Waals surface area contributed by atoms with Gasteiger partial charge in [-0.15, -0.1) is 11.3 Å². The molecule has 3 heteroatoms. The fourth-order valence-electron chi connectivity index (χ4n) is 1.19. The van der Waals surface area contributed by atoms with Gasteiger partial charge in [0.15, 0.2) is 0 Å². The first-order valence-electron chi connectivity index (χ1n) is 4.37. The highest BCUT2D eigenvalue weighted by molar-refractivity contribution is 7.10. The second kappa shape index (κ2) is 4.49. The average molecular weight is 224 g/mol. The Bertz CT molecular complexity index is 397.